The van der Waals surface area contributed by atoms with Crippen LogP contribution in [0.5, 0.6) is 0 Å². The zero-order valence-electron chi connectivity index (χ0n) is 13.2. The van der Waals surface area contributed by atoms with E-state index < -0.39 is 0 Å². The largest absolute Gasteiger partial charge is 0.355 e. The Morgan fingerprint density at radius 2 is 2.00 bits per heavy atom. The lowest BCUT2D eigenvalue weighted by Gasteiger charge is -2.34. The summed E-state index contributed by atoms with van der Waals surface area (Å²) in [6.45, 7) is 7.27. The van der Waals surface area contributed by atoms with Gasteiger partial charge in [-0.25, -0.2) is 9.97 Å². The van der Waals surface area contributed by atoms with E-state index in [0.29, 0.717) is 13.0 Å². The molecule has 1 aliphatic rings. The zero-order chi connectivity index (χ0) is 15.8. The van der Waals surface area contributed by atoms with E-state index >= 15 is 0 Å². The standard InChI is InChI=1S/C15H26N6O/c1-13(16)3-4-14(22)17-7-8-20-9-11-21(12-10-20)15-18-5-2-6-19-15/h2,5-6,13H,3-4,7-12,16H2,1H3,(H,17,22). The van der Waals surface area contributed by atoms with Crippen LogP contribution in [-0.2, 0) is 4.79 Å². The molecule has 2 rings (SSSR count). The summed E-state index contributed by atoms with van der Waals surface area (Å²) in [5, 5.41) is 2.95. The maximum absolute atomic E-state index is 11.6. The molecule has 1 saturated heterocycles. The maximum Gasteiger partial charge on any atom is 0.225 e. The van der Waals surface area contributed by atoms with E-state index in [2.05, 4.69) is 25.1 Å². The van der Waals surface area contributed by atoms with Gasteiger partial charge in [0.05, 0.1) is 0 Å². The minimum atomic E-state index is 0.0824. The molecule has 0 aliphatic carbocycles. The first kappa shape index (κ1) is 16.6. The smallest absolute Gasteiger partial charge is 0.225 e. The molecule has 0 bridgehead atoms. The average Bonchev–Trinajstić information content (AvgIpc) is 2.54. The fourth-order valence-electron chi connectivity index (χ4n) is 2.43. The Morgan fingerprint density at radius 3 is 2.64 bits per heavy atom. The van der Waals surface area contributed by atoms with Crippen LogP contribution in [0, 0.1) is 0 Å². The Balaban J connectivity index is 1.61. The molecule has 7 heteroatoms. The Bertz CT molecular complexity index is 445. The third kappa shape index (κ3) is 5.57. The summed E-state index contributed by atoms with van der Waals surface area (Å²) in [6.07, 6.45) is 4.79. The molecule has 1 aromatic heterocycles. The van der Waals surface area contributed by atoms with Crippen LogP contribution in [0.4, 0.5) is 5.95 Å². The van der Waals surface area contributed by atoms with E-state index in [0.717, 1.165) is 45.1 Å². The van der Waals surface area contributed by atoms with Crippen molar-refractivity contribution in [2.45, 2.75) is 25.8 Å². The van der Waals surface area contributed by atoms with Crippen LogP contribution in [0.3, 0.4) is 0 Å². The van der Waals surface area contributed by atoms with Crippen molar-refractivity contribution in [3.05, 3.63) is 18.5 Å². The van der Waals surface area contributed by atoms with Gasteiger partial charge in [0.15, 0.2) is 0 Å². The van der Waals surface area contributed by atoms with Gasteiger partial charge in [0.1, 0.15) is 0 Å². The van der Waals surface area contributed by atoms with Crippen LogP contribution < -0.4 is 16.0 Å². The highest BCUT2D eigenvalue weighted by atomic mass is 16.1. The predicted molar refractivity (Wildman–Crippen MR) is 86.6 cm³/mol. The lowest BCUT2D eigenvalue weighted by molar-refractivity contribution is -0.121. The van der Waals surface area contributed by atoms with Crippen LogP contribution in [-0.4, -0.2) is 66.1 Å². The second-order valence-corrected chi connectivity index (χ2v) is 5.74. The van der Waals surface area contributed by atoms with Crippen LogP contribution in [0.15, 0.2) is 18.5 Å². The predicted octanol–water partition coefficient (Wildman–Crippen LogP) is -0.158. The molecule has 1 amide bonds. The topological polar surface area (TPSA) is 87.4 Å². The third-order valence-corrected chi connectivity index (χ3v) is 3.78. The number of amides is 1. The van der Waals surface area contributed by atoms with Gasteiger partial charge < -0.3 is 16.0 Å². The highest BCUT2D eigenvalue weighted by Crippen LogP contribution is 2.09. The number of hydrogen-bond donors (Lipinski definition) is 2. The number of nitrogens with two attached hydrogens (primary N) is 1. The second-order valence-electron chi connectivity index (χ2n) is 5.74. The number of rotatable bonds is 7. The molecule has 1 fully saturated rings. The molecule has 0 saturated carbocycles. The van der Waals surface area contributed by atoms with E-state index in [1.807, 2.05) is 13.0 Å². The minimum Gasteiger partial charge on any atom is -0.355 e. The average molecular weight is 306 g/mol. The normalized spacial score (nSPS) is 17.3. The maximum atomic E-state index is 11.6. The number of nitrogens with zero attached hydrogens (tertiary/aromatic N) is 4. The fourth-order valence-corrected chi connectivity index (χ4v) is 2.43. The summed E-state index contributed by atoms with van der Waals surface area (Å²) < 4.78 is 0. The first-order chi connectivity index (χ1) is 10.6. The van der Waals surface area contributed by atoms with Gasteiger partial charge in [0.25, 0.3) is 0 Å². The van der Waals surface area contributed by atoms with Gasteiger partial charge in [-0.05, 0) is 19.4 Å². The monoisotopic (exact) mass is 306 g/mol. The summed E-state index contributed by atoms with van der Waals surface area (Å²) in [5.74, 6) is 0.889. The Morgan fingerprint density at radius 1 is 1.32 bits per heavy atom. The van der Waals surface area contributed by atoms with Crippen molar-refractivity contribution in [2.24, 2.45) is 5.73 Å². The van der Waals surface area contributed by atoms with E-state index in [-0.39, 0.29) is 11.9 Å². The zero-order valence-corrected chi connectivity index (χ0v) is 13.2. The summed E-state index contributed by atoms with van der Waals surface area (Å²) >= 11 is 0. The number of carbonyl (C=O) groups excluding carboxylic acids is 1. The molecule has 0 aromatic carbocycles. The number of nitrogens with one attached hydrogen (secondary N) is 1. The summed E-state index contributed by atoms with van der Waals surface area (Å²) in [7, 11) is 0. The Labute approximate surface area is 131 Å². The summed E-state index contributed by atoms with van der Waals surface area (Å²) in [4.78, 5) is 24.7. The quantitative estimate of drug-likeness (QED) is 0.728. The van der Waals surface area contributed by atoms with Crippen LogP contribution in [0.25, 0.3) is 0 Å². The van der Waals surface area contributed by atoms with Gasteiger partial charge >= 0.3 is 0 Å². The van der Waals surface area contributed by atoms with Crippen molar-refractivity contribution in [3.63, 3.8) is 0 Å². The van der Waals surface area contributed by atoms with E-state index in [4.69, 9.17) is 5.73 Å². The van der Waals surface area contributed by atoms with E-state index in [9.17, 15) is 4.79 Å². The number of piperazine rings is 1. The molecule has 0 spiro atoms. The van der Waals surface area contributed by atoms with Gasteiger partial charge in [-0.15, -0.1) is 0 Å². The number of carbonyl (C=O) groups is 1. The molecule has 122 valence electrons. The first-order valence-corrected chi connectivity index (χ1v) is 7.92. The third-order valence-electron chi connectivity index (χ3n) is 3.78. The number of hydrogen-bond acceptors (Lipinski definition) is 6. The van der Waals surface area contributed by atoms with E-state index in [1.54, 1.807) is 12.4 Å². The summed E-state index contributed by atoms with van der Waals surface area (Å²) in [6, 6.07) is 1.91. The molecule has 3 N–H and O–H groups in total. The van der Waals surface area contributed by atoms with Gasteiger partial charge in [-0.1, -0.05) is 0 Å². The van der Waals surface area contributed by atoms with Gasteiger partial charge in [0, 0.05) is 64.1 Å². The van der Waals surface area contributed by atoms with E-state index in [1.165, 1.54) is 0 Å². The molecule has 7 nitrogen and oxygen atoms in total. The highest BCUT2D eigenvalue weighted by molar-refractivity contribution is 5.75. The molecule has 1 aromatic rings. The second kappa shape index (κ2) is 8.65. The van der Waals surface area contributed by atoms with Crippen LogP contribution in [0.2, 0.25) is 0 Å². The van der Waals surface area contributed by atoms with Gasteiger partial charge in [-0.2, -0.15) is 0 Å². The van der Waals surface area contributed by atoms with Crippen molar-refractivity contribution < 1.29 is 4.79 Å². The van der Waals surface area contributed by atoms with Crippen molar-refractivity contribution >= 4 is 11.9 Å². The molecule has 1 unspecified atom stereocenters. The lowest BCUT2D eigenvalue weighted by atomic mass is 10.2. The molecule has 2 heterocycles. The van der Waals surface area contributed by atoms with Gasteiger partial charge in [-0.3, -0.25) is 9.69 Å². The molecule has 1 atom stereocenters. The van der Waals surface area contributed by atoms with Crippen molar-refractivity contribution in [1.29, 1.82) is 0 Å². The first-order valence-electron chi connectivity index (χ1n) is 7.92. The highest BCUT2D eigenvalue weighted by Gasteiger charge is 2.18. The lowest BCUT2D eigenvalue weighted by Crippen LogP contribution is -2.49. The van der Waals surface area contributed by atoms with Crippen LogP contribution in [0.1, 0.15) is 19.8 Å². The molecule has 1 aliphatic heterocycles. The minimum absolute atomic E-state index is 0.0824. The van der Waals surface area contributed by atoms with Crippen molar-refractivity contribution in [2.75, 3.05) is 44.2 Å². The van der Waals surface area contributed by atoms with Crippen molar-refractivity contribution in [1.82, 2.24) is 20.2 Å². The molecular formula is C15H26N6O. The molecule has 0 radical (unpaired) electrons. The number of anilines is 1. The van der Waals surface area contributed by atoms with Crippen LogP contribution >= 0.6 is 0 Å². The number of aromatic nitrogens is 2. The van der Waals surface area contributed by atoms with Gasteiger partial charge in [0.2, 0.25) is 11.9 Å². The summed E-state index contributed by atoms with van der Waals surface area (Å²) in [5.41, 5.74) is 5.64. The molecular weight excluding hydrogens is 280 g/mol. The SMILES string of the molecule is CC(N)CCC(=O)NCCN1CCN(c2ncccn2)CC1. The van der Waals surface area contributed by atoms with Crippen molar-refractivity contribution in [3.8, 4) is 0 Å². The Hall–Kier alpha value is -1.73. The Kier molecular flexibility index (Phi) is 6.54. The fraction of sp³-hybridized carbons (Fsp3) is 0.667. The molecule has 22 heavy (non-hydrogen) atoms.